The standard InChI is InChI=1S/C13H23N/c1-11(13-8-5-9-13)14-10-12-6-3-2-4-7-12/h2-3,11-14H,4-10H2,1H3. The third-order valence-corrected chi connectivity index (χ3v) is 3.96. The van der Waals surface area contributed by atoms with Crippen LogP contribution in [0.25, 0.3) is 0 Å². The van der Waals surface area contributed by atoms with Crippen molar-refractivity contribution in [2.75, 3.05) is 6.54 Å². The summed E-state index contributed by atoms with van der Waals surface area (Å²) in [6.45, 7) is 3.60. The summed E-state index contributed by atoms with van der Waals surface area (Å²) in [5, 5.41) is 3.72. The second kappa shape index (κ2) is 4.97. The topological polar surface area (TPSA) is 12.0 Å². The van der Waals surface area contributed by atoms with Crippen LogP contribution in [0.1, 0.15) is 45.4 Å². The number of hydrogen-bond donors (Lipinski definition) is 1. The van der Waals surface area contributed by atoms with Crippen LogP contribution in [0.15, 0.2) is 12.2 Å². The van der Waals surface area contributed by atoms with Gasteiger partial charge in [-0.25, -0.2) is 0 Å². The van der Waals surface area contributed by atoms with Crippen LogP contribution in [0.5, 0.6) is 0 Å². The molecule has 2 aliphatic rings. The Morgan fingerprint density at radius 2 is 2.14 bits per heavy atom. The van der Waals surface area contributed by atoms with Crippen molar-refractivity contribution in [3.05, 3.63) is 12.2 Å². The van der Waals surface area contributed by atoms with E-state index in [4.69, 9.17) is 0 Å². The fraction of sp³-hybridized carbons (Fsp3) is 0.846. The fourth-order valence-corrected chi connectivity index (χ4v) is 2.50. The molecule has 0 saturated heterocycles. The van der Waals surface area contributed by atoms with E-state index in [9.17, 15) is 0 Å². The minimum Gasteiger partial charge on any atom is -0.314 e. The molecular formula is C13H23N. The van der Waals surface area contributed by atoms with Crippen molar-refractivity contribution in [1.29, 1.82) is 0 Å². The van der Waals surface area contributed by atoms with Gasteiger partial charge in [-0.05, 0) is 57.4 Å². The first-order valence-corrected chi connectivity index (χ1v) is 6.24. The first-order valence-electron chi connectivity index (χ1n) is 6.24. The molecule has 2 aliphatic carbocycles. The Hall–Kier alpha value is -0.300. The Morgan fingerprint density at radius 1 is 1.29 bits per heavy atom. The number of rotatable bonds is 4. The van der Waals surface area contributed by atoms with Crippen molar-refractivity contribution in [2.45, 2.75) is 51.5 Å². The summed E-state index contributed by atoms with van der Waals surface area (Å²) in [5.74, 6) is 1.89. The SMILES string of the molecule is CC(NCC1CC=CCC1)C1CCC1. The minimum atomic E-state index is 0.759. The molecular weight excluding hydrogens is 170 g/mol. The van der Waals surface area contributed by atoms with Crippen molar-refractivity contribution in [3.63, 3.8) is 0 Å². The van der Waals surface area contributed by atoms with Crippen molar-refractivity contribution in [2.24, 2.45) is 11.8 Å². The van der Waals surface area contributed by atoms with Crippen LogP contribution in [0, 0.1) is 11.8 Å². The van der Waals surface area contributed by atoms with Gasteiger partial charge in [0.25, 0.3) is 0 Å². The van der Waals surface area contributed by atoms with E-state index >= 15 is 0 Å². The molecule has 0 bridgehead atoms. The van der Waals surface area contributed by atoms with Crippen LogP contribution < -0.4 is 5.32 Å². The van der Waals surface area contributed by atoms with Gasteiger partial charge < -0.3 is 5.32 Å². The highest BCUT2D eigenvalue weighted by atomic mass is 14.9. The Labute approximate surface area is 88.0 Å². The zero-order valence-electron chi connectivity index (χ0n) is 9.34. The van der Waals surface area contributed by atoms with Gasteiger partial charge in [-0.1, -0.05) is 18.6 Å². The van der Waals surface area contributed by atoms with Gasteiger partial charge in [0, 0.05) is 6.04 Å². The summed E-state index contributed by atoms with van der Waals surface area (Å²) >= 11 is 0. The van der Waals surface area contributed by atoms with Gasteiger partial charge in [0.1, 0.15) is 0 Å². The first-order chi connectivity index (χ1) is 6.86. The molecule has 0 aromatic carbocycles. The summed E-state index contributed by atoms with van der Waals surface area (Å²) < 4.78 is 0. The molecule has 2 rings (SSSR count). The molecule has 80 valence electrons. The van der Waals surface area contributed by atoms with E-state index in [1.807, 2.05) is 0 Å². The maximum absolute atomic E-state index is 3.72. The average molecular weight is 193 g/mol. The molecule has 0 aromatic heterocycles. The quantitative estimate of drug-likeness (QED) is 0.676. The van der Waals surface area contributed by atoms with Crippen LogP contribution in [-0.4, -0.2) is 12.6 Å². The highest BCUT2D eigenvalue weighted by Gasteiger charge is 2.23. The summed E-state index contributed by atoms with van der Waals surface area (Å²) in [5.41, 5.74) is 0. The van der Waals surface area contributed by atoms with E-state index < -0.39 is 0 Å². The molecule has 1 fully saturated rings. The smallest absolute Gasteiger partial charge is 0.00671 e. The molecule has 1 saturated carbocycles. The molecule has 0 aliphatic heterocycles. The van der Waals surface area contributed by atoms with Crippen molar-refractivity contribution >= 4 is 0 Å². The molecule has 1 nitrogen and oxygen atoms in total. The van der Waals surface area contributed by atoms with Gasteiger partial charge >= 0.3 is 0 Å². The van der Waals surface area contributed by atoms with Crippen LogP contribution in [0.2, 0.25) is 0 Å². The maximum Gasteiger partial charge on any atom is 0.00671 e. The van der Waals surface area contributed by atoms with Crippen LogP contribution >= 0.6 is 0 Å². The molecule has 14 heavy (non-hydrogen) atoms. The second-order valence-electron chi connectivity index (χ2n) is 5.04. The lowest BCUT2D eigenvalue weighted by molar-refractivity contribution is 0.232. The molecule has 0 radical (unpaired) electrons. The molecule has 0 spiro atoms. The highest BCUT2D eigenvalue weighted by molar-refractivity contribution is 4.91. The predicted octanol–water partition coefficient (Wildman–Crippen LogP) is 3.12. The van der Waals surface area contributed by atoms with Gasteiger partial charge in [0.15, 0.2) is 0 Å². The van der Waals surface area contributed by atoms with E-state index in [0.29, 0.717) is 0 Å². The van der Waals surface area contributed by atoms with Gasteiger partial charge in [0.2, 0.25) is 0 Å². The minimum absolute atomic E-state index is 0.759. The Morgan fingerprint density at radius 3 is 2.71 bits per heavy atom. The Bertz CT molecular complexity index is 193. The van der Waals surface area contributed by atoms with Crippen LogP contribution in [0.3, 0.4) is 0 Å². The fourth-order valence-electron chi connectivity index (χ4n) is 2.50. The normalized spacial score (nSPS) is 29.9. The van der Waals surface area contributed by atoms with E-state index in [0.717, 1.165) is 17.9 Å². The third kappa shape index (κ3) is 2.60. The predicted molar refractivity (Wildman–Crippen MR) is 61.3 cm³/mol. The number of nitrogens with one attached hydrogen (secondary N) is 1. The number of allylic oxidation sites excluding steroid dienone is 2. The molecule has 1 N–H and O–H groups in total. The van der Waals surface area contributed by atoms with E-state index in [2.05, 4.69) is 24.4 Å². The van der Waals surface area contributed by atoms with Gasteiger partial charge in [-0.15, -0.1) is 0 Å². The summed E-state index contributed by atoms with van der Waals surface area (Å²) in [6, 6.07) is 0.759. The van der Waals surface area contributed by atoms with Gasteiger partial charge in [0.05, 0.1) is 0 Å². The molecule has 1 heteroatoms. The Balaban J connectivity index is 1.63. The van der Waals surface area contributed by atoms with Gasteiger partial charge in [-0.3, -0.25) is 0 Å². The lowest BCUT2D eigenvalue weighted by atomic mass is 9.80. The zero-order chi connectivity index (χ0) is 9.80. The lowest BCUT2D eigenvalue weighted by Crippen LogP contribution is -2.39. The molecule has 0 aromatic rings. The number of hydrogen-bond acceptors (Lipinski definition) is 1. The van der Waals surface area contributed by atoms with E-state index in [1.54, 1.807) is 0 Å². The molecule has 2 atom stereocenters. The molecule has 0 heterocycles. The summed E-state index contributed by atoms with van der Waals surface area (Å²) in [7, 11) is 0. The van der Waals surface area contributed by atoms with E-state index in [-0.39, 0.29) is 0 Å². The highest BCUT2D eigenvalue weighted by Crippen LogP contribution is 2.29. The van der Waals surface area contributed by atoms with Crippen molar-refractivity contribution in [3.8, 4) is 0 Å². The van der Waals surface area contributed by atoms with Crippen molar-refractivity contribution < 1.29 is 0 Å². The van der Waals surface area contributed by atoms with Crippen molar-refractivity contribution in [1.82, 2.24) is 5.32 Å². The largest absolute Gasteiger partial charge is 0.314 e. The first kappa shape index (κ1) is 10.2. The van der Waals surface area contributed by atoms with Gasteiger partial charge in [-0.2, -0.15) is 0 Å². The Kier molecular flexibility index (Phi) is 3.63. The summed E-state index contributed by atoms with van der Waals surface area (Å²) in [4.78, 5) is 0. The third-order valence-electron chi connectivity index (χ3n) is 3.96. The molecule has 2 unspecified atom stereocenters. The van der Waals surface area contributed by atoms with E-state index in [1.165, 1.54) is 45.1 Å². The summed E-state index contributed by atoms with van der Waals surface area (Å²) in [6.07, 6.45) is 13.0. The lowest BCUT2D eigenvalue weighted by Gasteiger charge is -2.33. The monoisotopic (exact) mass is 193 g/mol. The molecule has 0 amide bonds. The second-order valence-corrected chi connectivity index (χ2v) is 5.04. The van der Waals surface area contributed by atoms with Crippen LogP contribution in [-0.2, 0) is 0 Å². The maximum atomic E-state index is 3.72. The zero-order valence-corrected chi connectivity index (χ0v) is 9.34. The van der Waals surface area contributed by atoms with Crippen LogP contribution in [0.4, 0.5) is 0 Å². The average Bonchev–Trinajstić information content (AvgIpc) is 2.14.